The van der Waals surface area contributed by atoms with Crippen molar-refractivity contribution in [2.75, 3.05) is 26.2 Å². The maximum absolute atomic E-state index is 6.08. The molecule has 2 rings (SSSR count). The minimum Gasteiger partial charge on any atom is -0.378 e. The van der Waals surface area contributed by atoms with Crippen molar-refractivity contribution in [3.05, 3.63) is 0 Å². The van der Waals surface area contributed by atoms with Crippen molar-refractivity contribution in [3.8, 4) is 0 Å². The van der Waals surface area contributed by atoms with Gasteiger partial charge >= 0.3 is 0 Å². The zero-order chi connectivity index (χ0) is 13.3. The summed E-state index contributed by atoms with van der Waals surface area (Å²) in [6, 6.07) is 0. The van der Waals surface area contributed by atoms with Gasteiger partial charge < -0.3 is 15.4 Å². The van der Waals surface area contributed by atoms with E-state index < -0.39 is 0 Å². The Kier molecular flexibility index (Phi) is 6.48. The molecular formula is C15H29N3O. The Hall–Kier alpha value is -0.770. The molecule has 2 saturated heterocycles. The molecule has 2 aliphatic rings. The van der Waals surface area contributed by atoms with Crippen molar-refractivity contribution in [1.29, 1.82) is 0 Å². The Morgan fingerprint density at radius 2 is 1.89 bits per heavy atom. The van der Waals surface area contributed by atoms with Crippen LogP contribution in [0.5, 0.6) is 0 Å². The highest BCUT2D eigenvalue weighted by atomic mass is 16.5. The van der Waals surface area contributed by atoms with E-state index in [0.717, 1.165) is 45.0 Å². The van der Waals surface area contributed by atoms with E-state index in [4.69, 9.17) is 10.5 Å². The average Bonchev–Trinajstić information content (AvgIpc) is 2.73. The number of aliphatic imine (C=N–C) groups is 1. The van der Waals surface area contributed by atoms with Crippen molar-refractivity contribution in [3.63, 3.8) is 0 Å². The summed E-state index contributed by atoms with van der Waals surface area (Å²) in [5.74, 6) is 0.756. The van der Waals surface area contributed by atoms with Gasteiger partial charge in [-0.15, -0.1) is 0 Å². The van der Waals surface area contributed by atoms with E-state index in [2.05, 4.69) is 9.89 Å². The Labute approximate surface area is 117 Å². The maximum atomic E-state index is 6.08. The van der Waals surface area contributed by atoms with Crippen LogP contribution in [-0.2, 0) is 4.74 Å². The first kappa shape index (κ1) is 14.6. The minimum absolute atomic E-state index is 0.475. The molecule has 1 atom stereocenters. The van der Waals surface area contributed by atoms with E-state index in [9.17, 15) is 0 Å². The Morgan fingerprint density at radius 1 is 1.11 bits per heavy atom. The number of guanidine groups is 1. The van der Waals surface area contributed by atoms with Gasteiger partial charge in [-0.25, -0.2) is 0 Å². The molecule has 4 nitrogen and oxygen atoms in total. The predicted octanol–water partition coefficient (Wildman–Crippen LogP) is 2.53. The molecule has 0 spiro atoms. The summed E-state index contributed by atoms with van der Waals surface area (Å²) in [6.45, 7) is 3.97. The lowest BCUT2D eigenvalue weighted by atomic mass is 10.1. The van der Waals surface area contributed by atoms with Crippen molar-refractivity contribution < 1.29 is 4.74 Å². The van der Waals surface area contributed by atoms with Gasteiger partial charge in [0.25, 0.3) is 0 Å². The van der Waals surface area contributed by atoms with Crippen LogP contribution < -0.4 is 5.73 Å². The Bertz CT molecular complexity index is 267. The third kappa shape index (κ3) is 5.39. The smallest absolute Gasteiger partial charge is 0.191 e. The van der Waals surface area contributed by atoms with E-state index >= 15 is 0 Å². The number of hydrogen-bond acceptors (Lipinski definition) is 2. The highest BCUT2D eigenvalue weighted by Crippen LogP contribution is 2.16. The van der Waals surface area contributed by atoms with Gasteiger partial charge in [0.05, 0.1) is 6.10 Å². The first-order valence-corrected chi connectivity index (χ1v) is 8.03. The molecule has 110 valence electrons. The second-order valence-electron chi connectivity index (χ2n) is 5.77. The van der Waals surface area contributed by atoms with E-state index in [0.29, 0.717) is 6.10 Å². The van der Waals surface area contributed by atoms with E-state index in [1.807, 2.05) is 0 Å². The van der Waals surface area contributed by atoms with Gasteiger partial charge in [0.2, 0.25) is 0 Å². The zero-order valence-corrected chi connectivity index (χ0v) is 12.1. The van der Waals surface area contributed by atoms with Crippen molar-refractivity contribution >= 4 is 5.96 Å². The molecule has 0 aromatic rings. The van der Waals surface area contributed by atoms with Crippen LogP contribution in [0.15, 0.2) is 4.99 Å². The second kappa shape index (κ2) is 8.41. The van der Waals surface area contributed by atoms with Crippen LogP contribution in [0.2, 0.25) is 0 Å². The first-order valence-electron chi connectivity index (χ1n) is 8.03. The van der Waals surface area contributed by atoms with Gasteiger partial charge in [-0.1, -0.05) is 12.8 Å². The van der Waals surface area contributed by atoms with Gasteiger partial charge in [0, 0.05) is 26.2 Å². The summed E-state index contributed by atoms with van der Waals surface area (Å²) in [5.41, 5.74) is 6.08. The summed E-state index contributed by atoms with van der Waals surface area (Å²) in [5, 5.41) is 0. The summed E-state index contributed by atoms with van der Waals surface area (Å²) in [7, 11) is 0. The number of likely N-dealkylation sites (tertiary alicyclic amines) is 1. The van der Waals surface area contributed by atoms with Crippen LogP contribution in [0.1, 0.15) is 57.8 Å². The van der Waals surface area contributed by atoms with Crippen molar-refractivity contribution in [1.82, 2.24) is 4.90 Å². The molecule has 2 aliphatic heterocycles. The number of nitrogens with two attached hydrogens (primary N) is 1. The van der Waals surface area contributed by atoms with Gasteiger partial charge in [-0.3, -0.25) is 4.99 Å². The lowest BCUT2D eigenvalue weighted by Crippen LogP contribution is -2.38. The summed E-state index contributed by atoms with van der Waals surface area (Å²) in [6.07, 6.45) is 11.7. The standard InChI is InChI=1S/C15H29N3O/c16-15(18-11-4-1-2-5-12-18)17-10-7-9-14-8-3-6-13-19-14/h14H,1-13H2,(H2,16,17)/t14-/m0/s1. The topological polar surface area (TPSA) is 50.9 Å². The van der Waals surface area contributed by atoms with Gasteiger partial charge in [-0.2, -0.15) is 0 Å². The van der Waals surface area contributed by atoms with E-state index in [1.165, 1.54) is 44.9 Å². The zero-order valence-electron chi connectivity index (χ0n) is 12.1. The Morgan fingerprint density at radius 3 is 2.58 bits per heavy atom. The van der Waals surface area contributed by atoms with E-state index in [1.54, 1.807) is 0 Å². The average molecular weight is 267 g/mol. The molecule has 4 heteroatoms. The summed E-state index contributed by atoms with van der Waals surface area (Å²) < 4.78 is 5.73. The highest BCUT2D eigenvalue weighted by molar-refractivity contribution is 5.78. The molecule has 2 N–H and O–H groups in total. The fraction of sp³-hybridized carbons (Fsp3) is 0.933. The first-order chi connectivity index (χ1) is 9.36. The third-order valence-electron chi connectivity index (χ3n) is 4.16. The SMILES string of the molecule is NC(=NCCC[C@@H]1CCCCO1)N1CCCCCC1. The van der Waals surface area contributed by atoms with Crippen LogP contribution in [-0.4, -0.2) is 43.2 Å². The molecule has 0 unspecified atom stereocenters. The summed E-state index contributed by atoms with van der Waals surface area (Å²) in [4.78, 5) is 6.79. The van der Waals surface area contributed by atoms with Gasteiger partial charge in [0.1, 0.15) is 0 Å². The fourth-order valence-corrected chi connectivity index (χ4v) is 2.95. The number of ether oxygens (including phenoxy) is 1. The molecule has 19 heavy (non-hydrogen) atoms. The quantitative estimate of drug-likeness (QED) is 0.484. The number of nitrogens with zero attached hydrogens (tertiary/aromatic N) is 2. The third-order valence-corrected chi connectivity index (χ3v) is 4.16. The van der Waals surface area contributed by atoms with Crippen LogP contribution in [0, 0.1) is 0 Å². The highest BCUT2D eigenvalue weighted by Gasteiger charge is 2.13. The minimum atomic E-state index is 0.475. The molecule has 0 saturated carbocycles. The molecule has 0 aromatic heterocycles. The van der Waals surface area contributed by atoms with E-state index in [-0.39, 0.29) is 0 Å². The number of rotatable bonds is 4. The fourth-order valence-electron chi connectivity index (χ4n) is 2.95. The lowest BCUT2D eigenvalue weighted by Gasteiger charge is -2.23. The molecule has 0 radical (unpaired) electrons. The largest absolute Gasteiger partial charge is 0.378 e. The van der Waals surface area contributed by atoms with Crippen LogP contribution in [0.25, 0.3) is 0 Å². The molecule has 0 aliphatic carbocycles. The molecule has 2 fully saturated rings. The Balaban J connectivity index is 1.63. The monoisotopic (exact) mass is 267 g/mol. The molecular weight excluding hydrogens is 238 g/mol. The second-order valence-corrected chi connectivity index (χ2v) is 5.77. The van der Waals surface area contributed by atoms with Crippen molar-refractivity contribution in [2.24, 2.45) is 10.7 Å². The van der Waals surface area contributed by atoms with Crippen LogP contribution >= 0.6 is 0 Å². The maximum Gasteiger partial charge on any atom is 0.191 e. The number of hydrogen-bond donors (Lipinski definition) is 1. The lowest BCUT2D eigenvalue weighted by molar-refractivity contribution is 0.0105. The van der Waals surface area contributed by atoms with Crippen LogP contribution in [0.3, 0.4) is 0 Å². The molecule has 0 amide bonds. The normalized spacial score (nSPS) is 26.2. The van der Waals surface area contributed by atoms with Crippen LogP contribution in [0.4, 0.5) is 0 Å². The van der Waals surface area contributed by atoms with Gasteiger partial charge in [0.15, 0.2) is 5.96 Å². The molecule has 0 aromatic carbocycles. The predicted molar refractivity (Wildman–Crippen MR) is 79.4 cm³/mol. The molecule has 2 heterocycles. The molecule has 0 bridgehead atoms. The van der Waals surface area contributed by atoms with Gasteiger partial charge in [-0.05, 0) is 44.9 Å². The summed E-state index contributed by atoms with van der Waals surface area (Å²) >= 11 is 0. The van der Waals surface area contributed by atoms with Crippen molar-refractivity contribution in [2.45, 2.75) is 63.9 Å².